The average Bonchev–Trinajstić information content (AvgIpc) is 2.10. The van der Waals surface area contributed by atoms with E-state index in [2.05, 4.69) is 17.7 Å². The molecule has 1 fully saturated rings. The largest absolute Gasteiger partial charge is 0.376 e. The first-order chi connectivity index (χ1) is 4.57. The Morgan fingerprint density at radius 3 is 2.60 bits per heavy atom. The van der Waals surface area contributed by atoms with Gasteiger partial charge in [-0.25, -0.2) is 0 Å². The van der Waals surface area contributed by atoms with Gasteiger partial charge in [-0.1, -0.05) is 5.92 Å². The maximum atomic E-state index is 9.56. The zero-order chi connectivity index (χ0) is 7.78. The van der Waals surface area contributed by atoms with E-state index in [9.17, 15) is 5.11 Å². The van der Waals surface area contributed by atoms with Gasteiger partial charge in [0, 0.05) is 19.0 Å². The van der Waals surface area contributed by atoms with Gasteiger partial charge in [0.05, 0.1) is 0 Å². The second kappa shape index (κ2) is 2.26. The van der Waals surface area contributed by atoms with Gasteiger partial charge in [0.25, 0.3) is 0 Å². The maximum Gasteiger partial charge on any atom is 0.139 e. The molecule has 1 aliphatic rings. The van der Waals surface area contributed by atoms with Crippen molar-refractivity contribution in [1.29, 1.82) is 0 Å². The molecule has 2 atom stereocenters. The Balaban J connectivity index is 2.66. The molecule has 0 saturated carbocycles. The molecule has 0 radical (unpaired) electrons. The molecule has 1 aliphatic heterocycles. The zero-order valence-electron chi connectivity index (χ0n) is 6.46. The Bertz CT molecular complexity index is 161. The molecule has 1 heterocycles. The van der Waals surface area contributed by atoms with Gasteiger partial charge in [0.2, 0.25) is 0 Å². The van der Waals surface area contributed by atoms with Gasteiger partial charge in [0.1, 0.15) is 5.60 Å². The van der Waals surface area contributed by atoms with Crippen LogP contribution in [0.2, 0.25) is 0 Å². The van der Waals surface area contributed by atoms with Crippen molar-refractivity contribution in [3.63, 3.8) is 0 Å². The quantitative estimate of drug-likeness (QED) is 0.480. The molecule has 0 aromatic carbocycles. The third-order valence-corrected chi connectivity index (χ3v) is 2.17. The van der Waals surface area contributed by atoms with Crippen molar-refractivity contribution in [3.8, 4) is 12.3 Å². The minimum absolute atomic E-state index is 0.404. The molecular formula is C8H13NO. The summed E-state index contributed by atoms with van der Waals surface area (Å²) in [5.74, 6) is 2.42. The summed E-state index contributed by atoms with van der Waals surface area (Å²) in [6.07, 6.45) is 5.86. The highest BCUT2D eigenvalue weighted by atomic mass is 16.3. The van der Waals surface area contributed by atoms with E-state index in [0.29, 0.717) is 19.0 Å². The fraction of sp³-hybridized carbons (Fsp3) is 0.750. The fourth-order valence-corrected chi connectivity index (χ4v) is 1.38. The summed E-state index contributed by atoms with van der Waals surface area (Å²) in [6, 6.07) is 0.404. The lowest BCUT2D eigenvalue weighted by molar-refractivity contribution is 0.112. The van der Waals surface area contributed by atoms with Crippen LogP contribution >= 0.6 is 0 Å². The van der Waals surface area contributed by atoms with Crippen LogP contribution in [0.15, 0.2) is 0 Å². The molecule has 1 rings (SSSR count). The summed E-state index contributed by atoms with van der Waals surface area (Å²) in [5.41, 5.74) is -0.867. The van der Waals surface area contributed by atoms with Gasteiger partial charge in [-0.2, -0.15) is 0 Å². The molecule has 0 spiro atoms. The smallest absolute Gasteiger partial charge is 0.139 e. The number of nitrogens with zero attached hydrogens (tertiary/aromatic N) is 1. The summed E-state index contributed by atoms with van der Waals surface area (Å²) in [4.78, 5) is 2.07. The van der Waals surface area contributed by atoms with E-state index in [1.807, 2.05) is 7.05 Å². The Hall–Kier alpha value is -0.520. The van der Waals surface area contributed by atoms with Crippen LogP contribution in [0.5, 0.6) is 0 Å². The number of hydrogen-bond acceptors (Lipinski definition) is 2. The molecule has 1 saturated heterocycles. The molecule has 0 amide bonds. The second-order valence-corrected chi connectivity index (χ2v) is 3.14. The summed E-state index contributed by atoms with van der Waals surface area (Å²) < 4.78 is 0. The Morgan fingerprint density at radius 2 is 2.40 bits per heavy atom. The maximum absolute atomic E-state index is 9.56. The summed E-state index contributed by atoms with van der Waals surface area (Å²) in [6.45, 7) is 2.67. The first-order valence-electron chi connectivity index (χ1n) is 3.48. The fourth-order valence-electron chi connectivity index (χ4n) is 1.38. The van der Waals surface area contributed by atoms with Crippen LogP contribution in [-0.2, 0) is 0 Å². The minimum atomic E-state index is -0.867. The normalized spacial score (nSPS) is 41.6. The number of likely N-dealkylation sites (N-methyl/N-ethyl adjacent to an activating group) is 1. The van der Waals surface area contributed by atoms with E-state index < -0.39 is 5.60 Å². The minimum Gasteiger partial charge on any atom is -0.376 e. The van der Waals surface area contributed by atoms with Crippen molar-refractivity contribution in [1.82, 2.24) is 4.90 Å². The van der Waals surface area contributed by atoms with E-state index in [-0.39, 0.29) is 0 Å². The van der Waals surface area contributed by atoms with E-state index in [4.69, 9.17) is 6.42 Å². The Kier molecular flexibility index (Phi) is 1.72. The van der Waals surface area contributed by atoms with Crippen molar-refractivity contribution < 1.29 is 5.11 Å². The zero-order valence-corrected chi connectivity index (χ0v) is 6.46. The standard InChI is InChI=1S/C8H13NO/c1-4-8(10)5-7(2)9(3)6-8/h1,7,10H,5-6H2,2-3H3/t7-,8+/m1/s1. The van der Waals surface area contributed by atoms with Crippen molar-refractivity contribution >= 4 is 0 Å². The van der Waals surface area contributed by atoms with E-state index in [1.54, 1.807) is 0 Å². The van der Waals surface area contributed by atoms with Crippen molar-refractivity contribution in [2.45, 2.75) is 25.0 Å². The van der Waals surface area contributed by atoms with E-state index in [1.165, 1.54) is 0 Å². The van der Waals surface area contributed by atoms with Gasteiger partial charge in [-0.15, -0.1) is 6.42 Å². The number of rotatable bonds is 0. The number of likely N-dealkylation sites (tertiary alicyclic amines) is 1. The van der Waals surface area contributed by atoms with Crippen LogP contribution in [0.3, 0.4) is 0 Å². The highest BCUT2D eigenvalue weighted by Gasteiger charge is 2.36. The molecule has 0 aromatic heterocycles. The monoisotopic (exact) mass is 139 g/mol. The van der Waals surface area contributed by atoms with E-state index >= 15 is 0 Å². The van der Waals surface area contributed by atoms with Gasteiger partial charge in [-0.3, -0.25) is 4.90 Å². The summed E-state index contributed by atoms with van der Waals surface area (Å²) >= 11 is 0. The Labute approximate surface area is 61.8 Å². The lowest BCUT2D eigenvalue weighted by Crippen LogP contribution is -2.29. The molecule has 0 unspecified atom stereocenters. The highest BCUT2D eigenvalue weighted by molar-refractivity contribution is 5.13. The number of β-amino-alcohol motifs (C(OH)–C–C–N with tert-alkyl or cyclic N) is 1. The lowest BCUT2D eigenvalue weighted by Gasteiger charge is -2.13. The third kappa shape index (κ3) is 1.16. The lowest BCUT2D eigenvalue weighted by atomic mass is 10.0. The van der Waals surface area contributed by atoms with Crippen LogP contribution in [0.25, 0.3) is 0 Å². The molecule has 10 heavy (non-hydrogen) atoms. The average molecular weight is 139 g/mol. The highest BCUT2D eigenvalue weighted by Crippen LogP contribution is 2.24. The molecule has 2 nitrogen and oxygen atoms in total. The van der Waals surface area contributed by atoms with Crippen molar-refractivity contribution in [2.75, 3.05) is 13.6 Å². The molecule has 0 bridgehead atoms. The van der Waals surface area contributed by atoms with Gasteiger partial charge >= 0.3 is 0 Å². The van der Waals surface area contributed by atoms with Crippen LogP contribution < -0.4 is 0 Å². The molecule has 56 valence electrons. The first-order valence-corrected chi connectivity index (χ1v) is 3.48. The predicted molar refractivity (Wildman–Crippen MR) is 40.5 cm³/mol. The van der Waals surface area contributed by atoms with Crippen LogP contribution in [0.4, 0.5) is 0 Å². The number of hydrogen-bond donors (Lipinski definition) is 1. The topological polar surface area (TPSA) is 23.5 Å². The molecule has 0 aliphatic carbocycles. The first kappa shape index (κ1) is 7.59. The molecule has 2 heteroatoms. The summed E-state index contributed by atoms with van der Waals surface area (Å²) in [5, 5.41) is 9.56. The second-order valence-electron chi connectivity index (χ2n) is 3.14. The van der Waals surface area contributed by atoms with Gasteiger partial charge in [0.15, 0.2) is 0 Å². The van der Waals surface area contributed by atoms with Gasteiger partial charge in [-0.05, 0) is 14.0 Å². The third-order valence-electron chi connectivity index (χ3n) is 2.17. The summed E-state index contributed by atoms with van der Waals surface area (Å²) in [7, 11) is 1.97. The van der Waals surface area contributed by atoms with Crippen LogP contribution in [0, 0.1) is 12.3 Å². The number of terminal acetylenes is 1. The van der Waals surface area contributed by atoms with Gasteiger partial charge < -0.3 is 5.11 Å². The van der Waals surface area contributed by atoms with E-state index in [0.717, 1.165) is 0 Å². The van der Waals surface area contributed by atoms with Crippen LogP contribution in [-0.4, -0.2) is 35.2 Å². The SMILES string of the molecule is C#C[C@]1(O)C[C@@H](C)N(C)C1. The van der Waals surface area contributed by atoms with Crippen LogP contribution in [0.1, 0.15) is 13.3 Å². The number of aliphatic hydroxyl groups is 1. The molecular weight excluding hydrogens is 126 g/mol. The van der Waals surface area contributed by atoms with Crippen molar-refractivity contribution in [3.05, 3.63) is 0 Å². The van der Waals surface area contributed by atoms with Crippen molar-refractivity contribution in [2.24, 2.45) is 0 Å². The Morgan fingerprint density at radius 1 is 1.80 bits per heavy atom. The predicted octanol–water partition coefficient (Wildman–Crippen LogP) is 0.0747. The molecule has 0 aromatic rings. The molecule has 1 N–H and O–H groups in total.